The van der Waals surface area contributed by atoms with E-state index < -0.39 is 15.4 Å². The Kier molecular flexibility index (Phi) is 4.91. The monoisotopic (exact) mass is 374 g/mol. The van der Waals surface area contributed by atoms with Gasteiger partial charge in [0, 0.05) is 18.8 Å². The maximum Gasteiger partial charge on any atom is 0.262 e. The van der Waals surface area contributed by atoms with Crippen molar-refractivity contribution in [2.24, 2.45) is 0 Å². The van der Waals surface area contributed by atoms with E-state index in [1.807, 2.05) is 12.1 Å². The van der Waals surface area contributed by atoms with Crippen molar-refractivity contribution in [3.63, 3.8) is 0 Å². The van der Waals surface area contributed by atoms with Crippen LogP contribution in [0.3, 0.4) is 0 Å². The van der Waals surface area contributed by atoms with Gasteiger partial charge >= 0.3 is 0 Å². The summed E-state index contributed by atoms with van der Waals surface area (Å²) in [5.74, 6) is 0.481. The van der Waals surface area contributed by atoms with Gasteiger partial charge in [-0.15, -0.1) is 0 Å². The Labute approximate surface area is 153 Å². The number of methoxy groups -OCH3 is 1. The standard InChI is InChI=1S/C19H22N2O4S/c1-20-18(22)19(11-4-12-19)14-7-9-15(10-8-14)21-26(23,24)17-6-3-5-16(13-17)25-2/h3,5-10,13,21H,4,11-12H2,1-2H3,(H,20,22). The Morgan fingerprint density at radius 1 is 1.12 bits per heavy atom. The van der Waals surface area contributed by atoms with Crippen LogP contribution in [0, 0.1) is 0 Å². The molecule has 1 saturated carbocycles. The van der Waals surface area contributed by atoms with E-state index in [0.29, 0.717) is 11.4 Å². The third-order valence-electron chi connectivity index (χ3n) is 4.91. The molecule has 0 radical (unpaired) electrons. The lowest BCUT2D eigenvalue weighted by Crippen LogP contribution is -2.48. The van der Waals surface area contributed by atoms with Gasteiger partial charge in [-0.25, -0.2) is 8.42 Å². The highest BCUT2D eigenvalue weighted by molar-refractivity contribution is 7.92. The van der Waals surface area contributed by atoms with Gasteiger partial charge in [-0.1, -0.05) is 24.6 Å². The van der Waals surface area contributed by atoms with Gasteiger partial charge in [0.1, 0.15) is 5.75 Å². The average molecular weight is 374 g/mol. The highest BCUT2D eigenvalue weighted by atomic mass is 32.2. The van der Waals surface area contributed by atoms with Crippen molar-refractivity contribution < 1.29 is 17.9 Å². The molecule has 0 saturated heterocycles. The minimum atomic E-state index is -3.72. The second-order valence-corrected chi connectivity index (χ2v) is 8.06. The number of ether oxygens (including phenoxy) is 1. The number of benzene rings is 2. The third kappa shape index (κ3) is 3.26. The third-order valence-corrected chi connectivity index (χ3v) is 6.29. The average Bonchev–Trinajstić information content (AvgIpc) is 2.61. The number of carbonyl (C=O) groups is 1. The molecule has 2 aromatic rings. The number of carbonyl (C=O) groups excluding carboxylic acids is 1. The summed E-state index contributed by atoms with van der Waals surface area (Å²) in [5.41, 5.74) is 0.870. The number of hydrogen-bond donors (Lipinski definition) is 2. The minimum Gasteiger partial charge on any atom is -0.497 e. The molecule has 7 heteroatoms. The highest BCUT2D eigenvalue weighted by Gasteiger charge is 2.44. The van der Waals surface area contributed by atoms with Crippen LogP contribution in [0.1, 0.15) is 24.8 Å². The number of likely N-dealkylation sites (N-methyl/N-ethyl adjacent to an activating group) is 1. The van der Waals surface area contributed by atoms with Crippen molar-refractivity contribution in [3.05, 3.63) is 54.1 Å². The first-order valence-corrected chi connectivity index (χ1v) is 9.89. The summed E-state index contributed by atoms with van der Waals surface area (Å²) < 4.78 is 32.7. The van der Waals surface area contributed by atoms with Crippen LogP contribution < -0.4 is 14.8 Å². The van der Waals surface area contributed by atoms with Crippen LogP contribution in [0.2, 0.25) is 0 Å². The fourth-order valence-corrected chi connectivity index (χ4v) is 4.35. The number of nitrogens with one attached hydrogen (secondary N) is 2. The van der Waals surface area contributed by atoms with Crippen LogP contribution >= 0.6 is 0 Å². The summed E-state index contributed by atoms with van der Waals surface area (Å²) in [7, 11) is -0.591. The van der Waals surface area contributed by atoms with Crippen LogP contribution in [0.25, 0.3) is 0 Å². The minimum absolute atomic E-state index is 0.00783. The summed E-state index contributed by atoms with van der Waals surface area (Å²) >= 11 is 0. The lowest BCUT2D eigenvalue weighted by Gasteiger charge is -2.40. The summed E-state index contributed by atoms with van der Waals surface area (Å²) in [6, 6.07) is 13.3. The van der Waals surface area contributed by atoms with Crippen molar-refractivity contribution in [1.29, 1.82) is 0 Å². The van der Waals surface area contributed by atoms with E-state index in [0.717, 1.165) is 24.8 Å². The summed E-state index contributed by atoms with van der Waals surface area (Å²) in [4.78, 5) is 12.4. The molecule has 0 atom stereocenters. The molecule has 0 aliphatic heterocycles. The van der Waals surface area contributed by atoms with Crippen LogP contribution in [0.15, 0.2) is 53.4 Å². The zero-order valence-corrected chi connectivity index (χ0v) is 15.6. The van der Waals surface area contributed by atoms with E-state index >= 15 is 0 Å². The van der Waals surface area contributed by atoms with Crippen molar-refractivity contribution >= 4 is 21.6 Å². The molecule has 2 aromatic carbocycles. The molecule has 0 heterocycles. The van der Waals surface area contributed by atoms with Gasteiger partial charge in [-0.3, -0.25) is 9.52 Å². The first kappa shape index (κ1) is 18.3. The Hall–Kier alpha value is -2.54. The topological polar surface area (TPSA) is 84.5 Å². The molecule has 138 valence electrons. The zero-order chi connectivity index (χ0) is 18.8. The number of hydrogen-bond acceptors (Lipinski definition) is 4. The Morgan fingerprint density at radius 3 is 2.35 bits per heavy atom. The van der Waals surface area contributed by atoms with Gasteiger partial charge in [-0.2, -0.15) is 0 Å². The summed E-state index contributed by atoms with van der Waals surface area (Å²) in [5, 5.41) is 2.73. The molecule has 26 heavy (non-hydrogen) atoms. The maximum atomic E-state index is 12.5. The number of anilines is 1. The predicted molar refractivity (Wildman–Crippen MR) is 99.8 cm³/mol. The van der Waals surface area contributed by atoms with Gasteiger partial charge in [-0.05, 0) is 42.7 Å². The van der Waals surface area contributed by atoms with Crippen molar-refractivity contribution in [2.75, 3.05) is 18.9 Å². The van der Waals surface area contributed by atoms with Crippen LogP contribution in [0.4, 0.5) is 5.69 Å². The molecule has 1 aliphatic carbocycles. The molecule has 0 spiro atoms. The van der Waals surface area contributed by atoms with Gasteiger partial charge in [0.2, 0.25) is 5.91 Å². The fourth-order valence-electron chi connectivity index (χ4n) is 3.26. The highest BCUT2D eigenvalue weighted by Crippen LogP contribution is 2.44. The van der Waals surface area contributed by atoms with Crippen LogP contribution in [-0.2, 0) is 20.2 Å². The first-order chi connectivity index (χ1) is 12.4. The van der Waals surface area contributed by atoms with E-state index in [2.05, 4.69) is 10.0 Å². The van der Waals surface area contributed by atoms with E-state index in [1.54, 1.807) is 31.3 Å². The normalized spacial score (nSPS) is 15.6. The van der Waals surface area contributed by atoms with E-state index in [9.17, 15) is 13.2 Å². The molecule has 1 aliphatic rings. The fraction of sp³-hybridized carbons (Fsp3) is 0.316. The van der Waals surface area contributed by atoms with Gasteiger partial charge in [0.25, 0.3) is 10.0 Å². The zero-order valence-electron chi connectivity index (χ0n) is 14.8. The molecular formula is C19H22N2O4S. The molecular weight excluding hydrogens is 352 g/mol. The summed E-state index contributed by atoms with van der Waals surface area (Å²) in [6.07, 6.45) is 2.63. The molecule has 1 amide bonds. The summed E-state index contributed by atoms with van der Waals surface area (Å²) in [6.45, 7) is 0. The quantitative estimate of drug-likeness (QED) is 0.814. The lowest BCUT2D eigenvalue weighted by atomic mass is 9.64. The van der Waals surface area contributed by atoms with E-state index in [4.69, 9.17) is 4.74 Å². The van der Waals surface area contributed by atoms with Gasteiger partial charge in [0.05, 0.1) is 17.4 Å². The largest absolute Gasteiger partial charge is 0.497 e. The lowest BCUT2D eigenvalue weighted by molar-refractivity contribution is -0.129. The van der Waals surface area contributed by atoms with Crippen molar-refractivity contribution in [1.82, 2.24) is 5.32 Å². The molecule has 0 unspecified atom stereocenters. The van der Waals surface area contributed by atoms with Gasteiger partial charge in [0.15, 0.2) is 0 Å². The smallest absolute Gasteiger partial charge is 0.262 e. The number of rotatable bonds is 6. The number of sulfonamides is 1. The Bertz CT molecular complexity index is 903. The molecule has 3 rings (SSSR count). The number of amides is 1. The maximum absolute atomic E-state index is 12.5. The molecule has 2 N–H and O–H groups in total. The van der Waals surface area contributed by atoms with Crippen LogP contribution in [-0.4, -0.2) is 28.5 Å². The second-order valence-electron chi connectivity index (χ2n) is 6.38. The molecule has 1 fully saturated rings. The second kappa shape index (κ2) is 6.99. The van der Waals surface area contributed by atoms with Gasteiger partial charge < -0.3 is 10.1 Å². The SMILES string of the molecule is CNC(=O)C1(c2ccc(NS(=O)(=O)c3cccc(OC)c3)cc2)CCC1. The van der Waals surface area contributed by atoms with Crippen molar-refractivity contribution in [2.45, 2.75) is 29.6 Å². The first-order valence-electron chi connectivity index (χ1n) is 8.41. The van der Waals surface area contributed by atoms with Crippen LogP contribution in [0.5, 0.6) is 5.75 Å². The van der Waals surface area contributed by atoms with E-state index in [-0.39, 0.29) is 10.8 Å². The molecule has 0 bridgehead atoms. The van der Waals surface area contributed by atoms with Crippen molar-refractivity contribution in [3.8, 4) is 5.75 Å². The molecule has 0 aromatic heterocycles. The predicted octanol–water partition coefficient (Wildman–Crippen LogP) is 2.66. The van der Waals surface area contributed by atoms with E-state index in [1.165, 1.54) is 19.2 Å². The molecule has 6 nitrogen and oxygen atoms in total. The Morgan fingerprint density at radius 2 is 1.81 bits per heavy atom. The Balaban J connectivity index is 1.82.